The van der Waals surface area contributed by atoms with E-state index in [9.17, 15) is 67.1 Å². The van der Waals surface area contributed by atoms with Crippen molar-refractivity contribution in [2.75, 3.05) is 215 Å². The first-order chi connectivity index (χ1) is 64.5. The van der Waals surface area contributed by atoms with Crippen molar-refractivity contribution in [2.24, 2.45) is 51.5 Å². The molecule has 2 bridgehead atoms. The van der Waals surface area contributed by atoms with E-state index in [4.69, 9.17) is 54.3 Å². The minimum atomic E-state index is -0.334. The first-order valence-electron chi connectivity index (χ1n) is 49.4. The maximum absolute atomic E-state index is 11.7. The summed E-state index contributed by atoms with van der Waals surface area (Å²) in [5, 5.41) is 2.69. The van der Waals surface area contributed by atoms with Crippen molar-refractivity contribution < 1.29 is 100 Å². The lowest BCUT2D eigenvalue weighted by Crippen LogP contribution is -2.53. The number of ether oxygens (including phenoxy) is 7. The van der Waals surface area contributed by atoms with Gasteiger partial charge >= 0.3 is 5.97 Å². The van der Waals surface area contributed by atoms with Crippen LogP contribution in [0.15, 0.2) is 0 Å². The molecule has 0 spiro atoms. The number of esters is 1. The summed E-state index contributed by atoms with van der Waals surface area (Å²) < 4.78 is 32.3. The van der Waals surface area contributed by atoms with Gasteiger partial charge in [0, 0.05) is 56.1 Å². The van der Waals surface area contributed by atoms with Gasteiger partial charge in [0.1, 0.15) is 25.2 Å². The van der Waals surface area contributed by atoms with Crippen LogP contribution in [0, 0.1) is 11.3 Å². The highest BCUT2D eigenvalue weighted by Crippen LogP contribution is 2.40. The standard InChI is InChI=1S/C11H17NO4.2C10H20N2O.C10H19NO2.C9H18N2O.C9H19NO2.C7H14N2O.C7H16N2O.C6H13NO2.C5H12N2O.C5H11NO2.C4H10N2O.C3H6O2/c1-12-7-3-4-8(12)10(11(14)15-2)9(5-7)16-6-13;2*1-2-3-7-12-8-5-4-6-9(12)10(11)13;1-10-5-2-3-6-11(10)7-4-8-13-9-12;1-2-6-11-7-4-3-5-8(11)9(10)12;1-5-10(4)6-9(2,3)7-12-8-11;1-9-5-3-2-4-6(9)7(8)10;1-4-6(7(8)10)9(3)5-2;1-3-7(2)4-5-9-6-8;1-3-7(2)4-5(6)8;1-6(2)3-4-8-5-7;1-3(6-2)4(5)7;1-2-5-3-4/h6-10H,3-5H2,1-2H3;2*9H,2-8H2,1H3,(H2,11,13);9-10H,2-8H2,1H3;8H,2-7H2,1H3,(H2,10,12);8H,5-7H2,1-4H3;6H,2-5H2,1H3,(H2,8,10);6H,4-5H2,1-3H3,(H2,8,10);6H,3-5H2,1-2H3;3-4H2,1-2H3,(H2,6,8);5H,3-4H2,1-2H3;3,6H,1-2H3,(H2,5,7);3H,2H2,1H3/t7-,8-,9+,10-;9-;;;8-;;;;;;;;/m10..0......../s1. The fourth-order valence-corrected chi connectivity index (χ4v) is 15.5. The number of hydrogen-bond donors (Lipinski definition) is 8. The van der Waals surface area contributed by atoms with Crippen LogP contribution in [-0.2, 0) is 100 Å². The van der Waals surface area contributed by atoms with Gasteiger partial charge in [-0.25, -0.2) is 0 Å². The smallest absolute Gasteiger partial charge is 0.314 e. The molecule has 0 aliphatic carbocycles. The minimum Gasteiger partial charge on any atom is -0.469 e. The Bertz CT molecular complexity index is 2980. The Kier molecular flexibility index (Phi) is 92.8. The number of methoxy groups -OCH3 is 1. The monoisotopic (exact) mass is 1950 g/mol. The summed E-state index contributed by atoms with van der Waals surface area (Å²) in [5.74, 6) is -2.04. The van der Waals surface area contributed by atoms with E-state index in [1.165, 1.54) is 84.3 Å². The number of hydrogen-bond acceptors (Lipinski definition) is 33. The highest BCUT2D eigenvalue weighted by molar-refractivity contribution is 5.82. The van der Waals surface area contributed by atoms with E-state index in [1.807, 2.05) is 89.7 Å². The lowest BCUT2D eigenvalue weighted by Gasteiger charge is -2.40. The number of primary amides is 7. The van der Waals surface area contributed by atoms with E-state index in [-0.39, 0.29) is 107 Å². The zero-order valence-corrected chi connectivity index (χ0v) is 88.6. The topological polar surface area (TPSA) is 533 Å². The molecule has 0 radical (unpaired) electrons. The Morgan fingerprint density at radius 2 is 0.897 bits per heavy atom. The number of likely N-dealkylation sites (N-methyl/N-ethyl adjacent to an activating group) is 6. The summed E-state index contributed by atoms with van der Waals surface area (Å²) in [6.07, 6.45) is 27.2. The van der Waals surface area contributed by atoms with Gasteiger partial charge in [-0.05, 0) is 272 Å². The van der Waals surface area contributed by atoms with Crippen molar-refractivity contribution in [3.05, 3.63) is 0 Å². The lowest BCUT2D eigenvalue weighted by atomic mass is 9.87. The molecule has 5 unspecified atom stereocenters. The molecule has 11 atom stereocenters. The highest BCUT2D eigenvalue weighted by atomic mass is 16.6. The number of rotatable bonds is 46. The predicted octanol–water partition coefficient (Wildman–Crippen LogP) is 4.41. The fourth-order valence-electron chi connectivity index (χ4n) is 15.5. The second-order valence-corrected chi connectivity index (χ2v) is 35.9. The minimum absolute atomic E-state index is 0.00579. The van der Waals surface area contributed by atoms with Crippen LogP contribution < -0.4 is 45.5 Å². The van der Waals surface area contributed by atoms with Crippen LogP contribution in [0.2, 0.25) is 0 Å². The first kappa shape index (κ1) is 139. The summed E-state index contributed by atoms with van der Waals surface area (Å²) in [5.41, 5.74) is 36.1. The fraction of sp³-hybridized carbons (Fsp3) is 0.854. The van der Waals surface area contributed by atoms with Gasteiger partial charge < -0.3 is 98.2 Å². The average molecular weight is 1950 g/mol. The summed E-state index contributed by atoms with van der Waals surface area (Å²) in [4.78, 5) is 169. The van der Waals surface area contributed by atoms with E-state index < -0.39 is 0 Å². The molecule has 40 nitrogen and oxygen atoms in total. The molecule has 7 fully saturated rings. The lowest BCUT2D eigenvalue weighted by molar-refractivity contribution is -0.162. The molecule has 0 saturated carbocycles. The van der Waals surface area contributed by atoms with Crippen molar-refractivity contribution in [3.63, 3.8) is 0 Å². The number of nitrogens with two attached hydrogens (primary N) is 7. The Balaban J connectivity index is -0.000000339. The largest absolute Gasteiger partial charge is 0.469 e. The van der Waals surface area contributed by atoms with Crippen LogP contribution >= 0.6 is 0 Å². The molecular formula is C96H195N19O21. The number of carbonyl (C=O) groups excluding carboxylic acids is 14. The predicted molar refractivity (Wildman–Crippen MR) is 536 cm³/mol. The Morgan fingerprint density at radius 1 is 0.471 bits per heavy atom. The second-order valence-electron chi connectivity index (χ2n) is 35.9. The van der Waals surface area contributed by atoms with Gasteiger partial charge in [0.25, 0.3) is 38.8 Å². The molecule has 136 heavy (non-hydrogen) atoms. The number of piperidine rings is 6. The van der Waals surface area contributed by atoms with Crippen LogP contribution in [0.4, 0.5) is 0 Å². The molecule has 7 aliphatic heterocycles. The third kappa shape index (κ3) is 73.3. The number of fused-ring (bicyclic) bond motifs is 2. The molecule has 15 N–H and O–H groups in total. The van der Waals surface area contributed by atoms with Gasteiger partial charge in [0.2, 0.25) is 41.4 Å². The Labute approximate surface area is 819 Å². The second kappa shape index (κ2) is 90.9. The van der Waals surface area contributed by atoms with Crippen LogP contribution in [0.25, 0.3) is 0 Å². The van der Waals surface area contributed by atoms with Gasteiger partial charge in [-0.2, -0.15) is 0 Å². The molecular weight excluding hydrogens is 1760 g/mol. The van der Waals surface area contributed by atoms with E-state index in [0.29, 0.717) is 90.5 Å². The van der Waals surface area contributed by atoms with Gasteiger partial charge in [-0.1, -0.05) is 114 Å². The zero-order chi connectivity index (χ0) is 105. The summed E-state index contributed by atoms with van der Waals surface area (Å²) in [6.45, 7) is 48.0. The van der Waals surface area contributed by atoms with Gasteiger partial charge in [-0.3, -0.25) is 101 Å². The number of likely N-dealkylation sites (tertiary alicyclic amines) is 5. The van der Waals surface area contributed by atoms with Gasteiger partial charge in [0.15, 0.2) is 0 Å². The van der Waals surface area contributed by atoms with E-state index in [1.54, 1.807) is 20.9 Å². The Hall–Kier alpha value is -7.90. The van der Waals surface area contributed by atoms with Crippen LogP contribution in [0.5, 0.6) is 0 Å². The van der Waals surface area contributed by atoms with Crippen molar-refractivity contribution >= 4 is 86.2 Å². The van der Waals surface area contributed by atoms with Crippen molar-refractivity contribution in [2.45, 2.75) is 311 Å². The third-order valence-corrected chi connectivity index (χ3v) is 24.2. The maximum atomic E-state index is 11.7. The van der Waals surface area contributed by atoms with Crippen molar-refractivity contribution in [3.8, 4) is 0 Å². The molecule has 7 aliphatic rings. The summed E-state index contributed by atoms with van der Waals surface area (Å²) in [7, 11) is 18.7. The molecule has 0 aromatic carbocycles. The number of unbranched alkanes of at least 4 members (excludes halogenated alkanes) is 2. The van der Waals surface area contributed by atoms with Crippen LogP contribution in [0.3, 0.4) is 0 Å². The number of amides is 7. The third-order valence-electron chi connectivity index (χ3n) is 24.2. The first-order valence-corrected chi connectivity index (χ1v) is 49.4. The molecule has 7 heterocycles. The Morgan fingerprint density at radius 3 is 1.22 bits per heavy atom. The van der Waals surface area contributed by atoms with Crippen LogP contribution in [0.1, 0.15) is 251 Å². The van der Waals surface area contributed by atoms with Gasteiger partial charge in [-0.15, -0.1) is 0 Å². The van der Waals surface area contributed by atoms with E-state index in [2.05, 4.69) is 121 Å². The molecule has 40 heteroatoms. The normalized spacial score (nSPS) is 20.6. The number of nitrogens with one attached hydrogen (secondary N) is 1. The molecule has 0 aromatic heterocycles. The SMILES string of the molecule is CC1CCCCN1CCCOC=O.CCC(C(N)=O)N(C)CC.CCCCN1CCCCC1C(N)=O.CCCCN1CCCC[C@H]1C(N)=O.CCCN1CCCC[C@H]1C(N)=O.CCN(C)CC(C)(C)COC=O.CCN(C)CC(N)=O.CCN(C)CCOC=O.CCOC=O.CN(C)CCOC=O.CN1CCCCC1C(N)=O.CNC(C)C(N)=O.COC(=O)[C@H]1[C@@H](OC=O)C[C@H]2CC[C@H]1N2C. The maximum Gasteiger partial charge on any atom is 0.314 e. The highest BCUT2D eigenvalue weighted by Gasteiger charge is 2.50. The average Bonchev–Trinajstić information content (AvgIpc) is 1.61. The van der Waals surface area contributed by atoms with E-state index >= 15 is 0 Å². The zero-order valence-electron chi connectivity index (χ0n) is 88.6. The van der Waals surface area contributed by atoms with Crippen molar-refractivity contribution in [1.29, 1.82) is 0 Å². The molecule has 800 valence electrons. The van der Waals surface area contributed by atoms with E-state index in [0.717, 1.165) is 188 Å². The quantitative estimate of drug-likeness (QED) is 0.0181. The van der Waals surface area contributed by atoms with Gasteiger partial charge in [0.05, 0.1) is 69.7 Å². The summed E-state index contributed by atoms with van der Waals surface area (Å²) in [6, 6.07) is 1.02. The number of carbonyl (C=O) groups is 14. The van der Waals surface area contributed by atoms with Crippen LogP contribution in [-0.4, -0.2) is 415 Å². The summed E-state index contributed by atoms with van der Waals surface area (Å²) >= 11 is 0. The molecule has 7 rings (SSSR count). The molecule has 7 saturated heterocycles. The van der Waals surface area contributed by atoms with Crippen molar-refractivity contribution in [1.82, 2.24) is 59.2 Å². The number of nitrogens with zero attached hydrogens (tertiary/aromatic N) is 11. The molecule has 0 aromatic rings. The molecule has 7 amide bonds.